The van der Waals surface area contributed by atoms with Crippen LogP contribution in [0.15, 0.2) is 29.2 Å². The molecule has 1 aromatic rings. The molecule has 1 amide bonds. The van der Waals surface area contributed by atoms with E-state index in [1.54, 1.807) is 32.2 Å². The Labute approximate surface area is 110 Å². The standard InChI is InChI=1S/C11H12ClNO4S/c1-11(7-13(2)10(14)17-11)8-5-3-4-6-9(8)18(12,15)16/h3-6H,7H2,1-2H3. The van der Waals surface area contributed by atoms with E-state index in [-0.39, 0.29) is 11.4 Å². The Morgan fingerprint density at radius 3 is 2.50 bits per heavy atom. The minimum absolute atomic E-state index is 0.0303. The van der Waals surface area contributed by atoms with Gasteiger partial charge in [-0.3, -0.25) is 0 Å². The van der Waals surface area contributed by atoms with Crippen LogP contribution in [0.1, 0.15) is 12.5 Å². The maximum Gasteiger partial charge on any atom is 0.410 e. The number of halogens is 1. The summed E-state index contributed by atoms with van der Waals surface area (Å²) < 4.78 is 28.3. The van der Waals surface area contributed by atoms with Gasteiger partial charge in [0.05, 0.1) is 11.4 Å². The molecule has 1 heterocycles. The lowest BCUT2D eigenvalue weighted by Crippen LogP contribution is -2.28. The first kappa shape index (κ1) is 13.2. The number of benzene rings is 1. The second kappa shape index (κ2) is 4.13. The number of nitrogens with zero attached hydrogens (tertiary/aromatic N) is 1. The van der Waals surface area contributed by atoms with Crippen molar-refractivity contribution in [1.29, 1.82) is 0 Å². The van der Waals surface area contributed by atoms with Gasteiger partial charge < -0.3 is 9.64 Å². The largest absolute Gasteiger partial charge is 0.436 e. The van der Waals surface area contributed by atoms with Crippen LogP contribution in [0.25, 0.3) is 0 Å². The van der Waals surface area contributed by atoms with Gasteiger partial charge in [-0.2, -0.15) is 0 Å². The number of rotatable bonds is 2. The van der Waals surface area contributed by atoms with Crippen LogP contribution in [0, 0.1) is 0 Å². The van der Waals surface area contributed by atoms with E-state index in [4.69, 9.17) is 15.4 Å². The summed E-state index contributed by atoms with van der Waals surface area (Å²) >= 11 is 0. The third-order valence-corrected chi connectivity index (χ3v) is 4.26. The fourth-order valence-electron chi connectivity index (χ4n) is 2.08. The highest BCUT2D eigenvalue weighted by Gasteiger charge is 2.43. The fourth-order valence-corrected chi connectivity index (χ4v) is 3.27. The number of cyclic esters (lactones) is 1. The third kappa shape index (κ3) is 2.18. The van der Waals surface area contributed by atoms with Crippen LogP contribution in [0.5, 0.6) is 0 Å². The lowest BCUT2D eigenvalue weighted by molar-refractivity contribution is 0.0679. The Bertz CT molecular complexity index is 601. The molecule has 0 aromatic heterocycles. The van der Waals surface area contributed by atoms with E-state index in [1.165, 1.54) is 11.0 Å². The van der Waals surface area contributed by atoms with Gasteiger partial charge in [0.15, 0.2) is 5.60 Å². The van der Waals surface area contributed by atoms with E-state index < -0.39 is 20.7 Å². The summed E-state index contributed by atoms with van der Waals surface area (Å²) in [6, 6.07) is 6.25. The normalized spacial score (nSPS) is 24.2. The van der Waals surface area contributed by atoms with E-state index in [0.717, 1.165) is 0 Å². The summed E-state index contributed by atoms with van der Waals surface area (Å²) in [7, 11) is 3.10. The molecule has 0 spiro atoms. The van der Waals surface area contributed by atoms with Gasteiger partial charge >= 0.3 is 6.09 Å². The topological polar surface area (TPSA) is 63.7 Å². The van der Waals surface area contributed by atoms with Crippen molar-refractivity contribution >= 4 is 25.8 Å². The Morgan fingerprint density at radius 2 is 2.00 bits per heavy atom. The second-order valence-electron chi connectivity index (χ2n) is 4.39. The molecule has 1 aromatic carbocycles. The molecule has 1 aliphatic rings. The van der Waals surface area contributed by atoms with E-state index in [0.29, 0.717) is 5.56 Å². The van der Waals surface area contributed by atoms with Crippen LogP contribution >= 0.6 is 10.7 Å². The number of hydrogen-bond acceptors (Lipinski definition) is 4. The summed E-state index contributed by atoms with van der Waals surface area (Å²) in [5.41, 5.74) is -0.623. The number of amides is 1. The Balaban J connectivity index is 2.56. The van der Waals surface area contributed by atoms with Gasteiger partial charge in [0, 0.05) is 23.3 Å². The first-order valence-electron chi connectivity index (χ1n) is 5.22. The molecule has 1 unspecified atom stereocenters. The predicted octanol–water partition coefficient (Wildman–Crippen LogP) is 1.91. The maximum absolute atomic E-state index is 11.5. The Morgan fingerprint density at radius 1 is 1.39 bits per heavy atom. The van der Waals surface area contributed by atoms with E-state index in [2.05, 4.69) is 0 Å². The molecule has 0 saturated carbocycles. The van der Waals surface area contributed by atoms with Crippen LogP contribution in [-0.4, -0.2) is 33.0 Å². The van der Waals surface area contributed by atoms with Crippen molar-refractivity contribution in [3.63, 3.8) is 0 Å². The molecule has 5 nitrogen and oxygen atoms in total. The van der Waals surface area contributed by atoms with Gasteiger partial charge in [-0.25, -0.2) is 13.2 Å². The number of carbonyl (C=O) groups excluding carboxylic acids is 1. The maximum atomic E-state index is 11.5. The molecule has 0 bridgehead atoms. The molecule has 7 heteroatoms. The van der Waals surface area contributed by atoms with Crippen LogP contribution < -0.4 is 0 Å². The first-order valence-corrected chi connectivity index (χ1v) is 7.53. The average molecular weight is 290 g/mol. The van der Waals surface area contributed by atoms with Gasteiger partial charge in [0.25, 0.3) is 9.05 Å². The lowest BCUT2D eigenvalue weighted by Gasteiger charge is -2.23. The molecule has 1 saturated heterocycles. The quantitative estimate of drug-likeness (QED) is 0.780. The first-order chi connectivity index (χ1) is 8.24. The van der Waals surface area contributed by atoms with E-state index in [1.807, 2.05) is 0 Å². The lowest BCUT2D eigenvalue weighted by atomic mass is 9.96. The molecular formula is C11H12ClNO4S. The van der Waals surface area contributed by atoms with Crippen LogP contribution in [0.2, 0.25) is 0 Å². The summed E-state index contributed by atoms with van der Waals surface area (Å²) in [6.07, 6.45) is -0.487. The zero-order chi connectivity index (χ0) is 13.6. The zero-order valence-corrected chi connectivity index (χ0v) is 11.5. The summed E-state index contributed by atoms with van der Waals surface area (Å²) in [5.74, 6) is 0. The SMILES string of the molecule is CN1CC(C)(c2ccccc2S(=O)(=O)Cl)OC1=O. The Kier molecular flexibility index (Phi) is 3.03. The minimum atomic E-state index is -3.88. The molecule has 0 aliphatic carbocycles. The molecule has 0 radical (unpaired) electrons. The van der Waals surface area contributed by atoms with Crippen molar-refractivity contribution in [2.24, 2.45) is 0 Å². The number of hydrogen-bond donors (Lipinski definition) is 0. The van der Waals surface area contributed by atoms with Crippen molar-refractivity contribution < 1.29 is 17.9 Å². The molecule has 18 heavy (non-hydrogen) atoms. The monoisotopic (exact) mass is 289 g/mol. The van der Waals surface area contributed by atoms with Gasteiger partial charge in [0.1, 0.15) is 0 Å². The highest BCUT2D eigenvalue weighted by molar-refractivity contribution is 8.13. The van der Waals surface area contributed by atoms with Gasteiger partial charge in [-0.1, -0.05) is 18.2 Å². The molecule has 1 aliphatic heterocycles. The van der Waals surface area contributed by atoms with Crippen molar-refractivity contribution in [2.75, 3.05) is 13.6 Å². The van der Waals surface area contributed by atoms with E-state index in [9.17, 15) is 13.2 Å². The number of carbonyl (C=O) groups is 1. The van der Waals surface area contributed by atoms with Gasteiger partial charge in [-0.15, -0.1) is 0 Å². The fraction of sp³-hybridized carbons (Fsp3) is 0.364. The molecule has 0 N–H and O–H groups in total. The molecule has 1 atom stereocenters. The smallest absolute Gasteiger partial charge is 0.410 e. The minimum Gasteiger partial charge on any atom is -0.436 e. The average Bonchev–Trinajstić information content (AvgIpc) is 2.53. The van der Waals surface area contributed by atoms with Crippen LogP contribution in [-0.2, 0) is 19.4 Å². The van der Waals surface area contributed by atoms with E-state index >= 15 is 0 Å². The number of ether oxygens (including phenoxy) is 1. The van der Waals surface area contributed by atoms with Crippen molar-refractivity contribution in [3.8, 4) is 0 Å². The second-order valence-corrected chi connectivity index (χ2v) is 6.92. The van der Waals surface area contributed by atoms with Crippen LogP contribution in [0.4, 0.5) is 4.79 Å². The highest BCUT2D eigenvalue weighted by atomic mass is 35.7. The van der Waals surface area contributed by atoms with Crippen molar-refractivity contribution in [1.82, 2.24) is 4.90 Å². The Hall–Kier alpha value is -1.27. The molecule has 1 fully saturated rings. The van der Waals surface area contributed by atoms with Crippen LogP contribution in [0.3, 0.4) is 0 Å². The zero-order valence-electron chi connectivity index (χ0n) is 9.88. The highest BCUT2D eigenvalue weighted by Crippen LogP contribution is 2.36. The summed E-state index contributed by atoms with van der Waals surface area (Å²) in [4.78, 5) is 12.8. The predicted molar refractivity (Wildman–Crippen MR) is 65.9 cm³/mol. The van der Waals surface area contributed by atoms with Gasteiger partial charge in [0.2, 0.25) is 0 Å². The van der Waals surface area contributed by atoms with Gasteiger partial charge in [-0.05, 0) is 13.0 Å². The van der Waals surface area contributed by atoms with Crippen molar-refractivity contribution in [3.05, 3.63) is 29.8 Å². The molecule has 2 rings (SSSR count). The summed E-state index contributed by atoms with van der Waals surface area (Å²) in [6.45, 7) is 1.94. The third-order valence-electron chi connectivity index (χ3n) is 2.88. The molecule has 98 valence electrons. The van der Waals surface area contributed by atoms with Crippen molar-refractivity contribution in [2.45, 2.75) is 17.4 Å². The summed E-state index contributed by atoms with van der Waals surface area (Å²) in [5, 5.41) is 0. The molecular weight excluding hydrogens is 278 g/mol. The number of likely N-dealkylation sites (N-methyl/N-ethyl adjacent to an activating group) is 1.